The third-order valence-electron chi connectivity index (χ3n) is 5.74. The van der Waals surface area contributed by atoms with E-state index in [1.165, 1.54) is 22.9 Å². The molecule has 0 spiro atoms. The molecule has 0 saturated heterocycles. The van der Waals surface area contributed by atoms with Crippen molar-refractivity contribution in [2.45, 2.75) is 64.2 Å². The van der Waals surface area contributed by atoms with E-state index in [0.29, 0.717) is 5.69 Å². The fraction of sp³-hybridized carbons (Fsp3) is 0.407. The quantitative estimate of drug-likeness (QED) is 0.371. The van der Waals surface area contributed by atoms with Crippen LogP contribution in [-0.2, 0) is 27.9 Å². The average molecular weight is 542 g/mol. The van der Waals surface area contributed by atoms with Crippen LogP contribution in [0.1, 0.15) is 70.1 Å². The van der Waals surface area contributed by atoms with Gasteiger partial charge in [-0.25, -0.2) is 17.8 Å². The maximum atomic E-state index is 13.4. The lowest BCUT2D eigenvalue weighted by Crippen LogP contribution is -2.31. The number of azo groups is 1. The summed E-state index contributed by atoms with van der Waals surface area (Å²) in [6, 6.07) is 11.1. The van der Waals surface area contributed by atoms with Crippen molar-refractivity contribution in [3.8, 4) is 11.6 Å². The Bertz CT molecular complexity index is 1480. The van der Waals surface area contributed by atoms with Crippen molar-refractivity contribution in [2.24, 2.45) is 17.3 Å². The number of nitrogens with zero attached hydrogens (tertiary/aromatic N) is 4. The van der Waals surface area contributed by atoms with Gasteiger partial charge in [0.2, 0.25) is 5.88 Å². The molecule has 2 aromatic carbocycles. The van der Waals surface area contributed by atoms with Gasteiger partial charge in [0.15, 0.2) is 5.69 Å². The molecule has 0 atom stereocenters. The molecule has 0 aliphatic carbocycles. The lowest BCUT2D eigenvalue weighted by molar-refractivity contribution is 0.0982. The zero-order chi connectivity index (χ0) is 28.5. The SMILES string of the molecule is CCOc1ccc(C(C)(C)C)cc1S(=O)(=O)NC(=O)c1ccccc1/N=N/c1c(C(C)(C)C)nn(C)c1O. The third kappa shape index (κ3) is 6.21. The topological polar surface area (TPSA) is 135 Å². The molecule has 0 fully saturated rings. The summed E-state index contributed by atoms with van der Waals surface area (Å²) in [5, 5.41) is 23.1. The van der Waals surface area contributed by atoms with Gasteiger partial charge in [0, 0.05) is 12.5 Å². The first-order valence-electron chi connectivity index (χ1n) is 12.2. The number of nitrogens with one attached hydrogen (secondary N) is 1. The van der Waals surface area contributed by atoms with E-state index in [9.17, 15) is 18.3 Å². The van der Waals surface area contributed by atoms with E-state index in [1.54, 1.807) is 38.2 Å². The van der Waals surface area contributed by atoms with Gasteiger partial charge in [0.05, 0.1) is 23.6 Å². The van der Waals surface area contributed by atoms with E-state index in [-0.39, 0.29) is 45.5 Å². The van der Waals surface area contributed by atoms with Crippen LogP contribution in [0.25, 0.3) is 0 Å². The molecule has 2 N–H and O–H groups in total. The molecule has 1 amide bonds. The van der Waals surface area contributed by atoms with E-state index in [2.05, 4.69) is 20.0 Å². The molecular formula is C27H35N5O5S. The van der Waals surface area contributed by atoms with Crippen LogP contribution < -0.4 is 9.46 Å². The Labute approximate surface area is 223 Å². The fourth-order valence-electron chi connectivity index (χ4n) is 3.65. The number of hydrogen-bond acceptors (Lipinski definition) is 8. The van der Waals surface area contributed by atoms with Gasteiger partial charge in [0.25, 0.3) is 15.9 Å². The van der Waals surface area contributed by atoms with Crippen molar-refractivity contribution in [2.75, 3.05) is 6.61 Å². The Morgan fingerprint density at radius 2 is 1.71 bits per heavy atom. The molecule has 0 saturated carbocycles. The van der Waals surface area contributed by atoms with E-state index in [0.717, 1.165) is 5.56 Å². The van der Waals surface area contributed by atoms with Gasteiger partial charge < -0.3 is 9.84 Å². The number of rotatable bonds is 7. The lowest BCUT2D eigenvalue weighted by atomic mass is 9.87. The highest BCUT2D eigenvalue weighted by molar-refractivity contribution is 7.90. The average Bonchev–Trinajstić information content (AvgIpc) is 3.11. The monoisotopic (exact) mass is 541 g/mol. The second-order valence-corrected chi connectivity index (χ2v) is 12.5. The highest BCUT2D eigenvalue weighted by Gasteiger charge is 2.28. The van der Waals surface area contributed by atoms with Crippen LogP contribution in [0.2, 0.25) is 0 Å². The predicted molar refractivity (Wildman–Crippen MR) is 145 cm³/mol. The first kappa shape index (κ1) is 28.8. The van der Waals surface area contributed by atoms with Crippen LogP contribution in [0.4, 0.5) is 11.4 Å². The minimum absolute atomic E-state index is 0.00884. The standard InChI is InChI=1S/C27H35N5O5S/c1-9-37-20-15-14-17(26(2,3)4)16-21(20)38(35,36)31-24(33)18-12-10-11-13-19(18)28-29-22-23(27(5,6)7)30-32(8)25(22)34/h10-16,34H,9H2,1-8H3,(H,31,33)/b29-28+. The molecule has 3 rings (SSSR count). The van der Waals surface area contributed by atoms with Gasteiger partial charge in [-0.05, 0) is 42.2 Å². The van der Waals surface area contributed by atoms with E-state index >= 15 is 0 Å². The van der Waals surface area contributed by atoms with Crippen molar-refractivity contribution < 1.29 is 23.1 Å². The molecule has 0 aliphatic rings. The van der Waals surface area contributed by atoms with Gasteiger partial charge in [-0.3, -0.25) is 4.79 Å². The van der Waals surface area contributed by atoms with Crippen LogP contribution in [0.15, 0.2) is 57.6 Å². The van der Waals surface area contributed by atoms with E-state index in [4.69, 9.17) is 4.74 Å². The van der Waals surface area contributed by atoms with Crippen molar-refractivity contribution >= 4 is 27.3 Å². The van der Waals surface area contributed by atoms with Crippen molar-refractivity contribution in [1.82, 2.24) is 14.5 Å². The summed E-state index contributed by atoms with van der Waals surface area (Å²) in [7, 11) is -2.72. The summed E-state index contributed by atoms with van der Waals surface area (Å²) in [5.41, 5.74) is 0.820. The van der Waals surface area contributed by atoms with Crippen molar-refractivity contribution in [3.05, 3.63) is 59.3 Å². The number of hydrogen-bond donors (Lipinski definition) is 2. The number of amides is 1. The first-order chi connectivity index (χ1) is 17.6. The van der Waals surface area contributed by atoms with Crippen LogP contribution in [0, 0.1) is 0 Å². The Kier molecular flexibility index (Phi) is 8.02. The molecule has 0 radical (unpaired) electrons. The maximum absolute atomic E-state index is 13.4. The first-order valence-corrected chi connectivity index (χ1v) is 13.7. The van der Waals surface area contributed by atoms with Crippen LogP contribution in [0.3, 0.4) is 0 Å². The van der Waals surface area contributed by atoms with Crippen molar-refractivity contribution in [3.63, 3.8) is 0 Å². The molecule has 11 heteroatoms. The molecule has 0 bridgehead atoms. The maximum Gasteiger partial charge on any atom is 0.268 e. The van der Waals surface area contributed by atoms with Gasteiger partial charge in [-0.15, -0.1) is 10.2 Å². The van der Waals surface area contributed by atoms with Crippen LogP contribution in [-0.4, -0.2) is 35.8 Å². The molecule has 204 valence electrons. The largest absolute Gasteiger partial charge is 0.492 e. The minimum atomic E-state index is -4.31. The Hall–Kier alpha value is -3.73. The molecule has 1 heterocycles. The molecule has 10 nitrogen and oxygen atoms in total. The second-order valence-electron chi connectivity index (χ2n) is 10.9. The van der Waals surface area contributed by atoms with E-state index < -0.39 is 21.3 Å². The number of sulfonamides is 1. The number of carbonyl (C=O) groups excluding carboxylic acids is 1. The summed E-state index contributed by atoms with van der Waals surface area (Å²) >= 11 is 0. The highest BCUT2D eigenvalue weighted by atomic mass is 32.2. The minimum Gasteiger partial charge on any atom is -0.492 e. The summed E-state index contributed by atoms with van der Waals surface area (Å²) < 4.78 is 35.7. The number of aromatic nitrogens is 2. The Morgan fingerprint density at radius 3 is 2.32 bits per heavy atom. The smallest absolute Gasteiger partial charge is 0.268 e. The van der Waals surface area contributed by atoms with Gasteiger partial charge in [0.1, 0.15) is 10.6 Å². The highest BCUT2D eigenvalue weighted by Crippen LogP contribution is 2.38. The Balaban J connectivity index is 2.00. The van der Waals surface area contributed by atoms with Crippen LogP contribution in [0.5, 0.6) is 11.6 Å². The van der Waals surface area contributed by atoms with Gasteiger partial charge >= 0.3 is 0 Å². The van der Waals surface area contributed by atoms with E-state index in [1.807, 2.05) is 41.5 Å². The fourth-order valence-corrected chi connectivity index (χ4v) is 4.79. The molecule has 1 aromatic heterocycles. The molecule has 3 aromatic rings. The number of carbonyl (C=O) groups is 1. The second kappa shape index (κ2) is 10.6. The third-order valence-corrected chi connectivity index (χ3v) is 7.09. The number of benzene rings is 2. The predicted octanol–water partition coefficient (Wildman–Crippen LogP) is 5.65. The molecular weight excluding hydrogens is 506 g/mol. The zero-order valence-corrected chi connectivity index (χ0v) is 23.8. The Morgan fingerprint density at radius 1 is 1.05 bits per heavy atom. The summed E-state index contributed by atoms with van der Waals surface area (Å²) in [6.45, 7) is 13.7. The van der Waals surface area contributed by atoms with Gasteiger partial charge in [-0.1, -0.05) is 59.7 Å². The molecule has 0 aliphatic heterocycles. The molecule has 38 heavy (non-hydrogen) atoms. The summed E-state index contributed by atoms with van der Waals surface area (Å²) in [6.07, 6.45) is 0. The number of ether oxygens (including phenoxy) is 1. The lowest BCUT2D eigenvalue weighted by Gasteiger charge is -2.21. The normalized spacial score (nSPS) is 12.6. The summed E-state index contributed by atoms with van der Waals surface area (Å²) in [4.78, 5) is 13.1. The number of aromatic hydroxyl groups is 1. The molecule has 0 unspecified atom stereocenters. The van der Waals surface area contributed by atoms with Crippen LogP contribution >= 0.6 is 0 Å². The number of aryl methyl sites for hydroxylation is 1. The summed E-state index contributed by atoms with van der Waals surface area (Å²) in [5.74, 6) is -0.907. The zero-order valence-electron chi connectivity index (χ0n) is 23.0. The van der Waals surface area contributed by atoms with Crippen molar-refractivity contribution in [1.29, 1.82) is 0 Å². The van der Waals surface area contributed by atoms with Gasteiger partial charge in [-0.2, -0.15) is 5.10 Å².